The van der Waals surface area contributed by atoms with Crippen LogP contribution in [0.5, 0.6) is 0 Å². The van der Waals surface area contributed by atoms with E-state index in [9.17, 15) is 4.79 Å². The van der Waals surface area contributed by atoms with Gasteiger partial charge in [-0.2, -0.15) is 0 Å². The molecule has 0 aliphatic heterocycles. The molecule has 1 amide bonds. The molecular weight excluding hydrogens is 308 g/mol. The van der Waals surface area contributed by atoms with Gasteiger partial charge in [0.2, 0.25) is 0 Å². The van der Waals surface area contributed by atoms with E-state index in [1.165, 1.54) is 12.8 Å². The van der Waals surface area contributed by atoms with Crippen molar-refractivity contribution >= 4 is 32.8 Å². The van der Waals surface area contributed by atoms with Gasteiger partial charge in [0.15, 0.2) is 5.76 Å². The van der Waals surface area contributed by atoms with Gasteiger partial charge in [-0.05, 0) is 46.8 Å². The van der Waals surface area contributed by atoms with Gasteiger partial charge in [0.1, 0.15) is 5.58 Å². The number of hydrogen-bond acceptors (Lipinski definition) is 3. The molecule has 1 aromatic heterocycles. The average molecular weight is 323 g/mol. The summed E-state index contributed by atoms with van der Waals surface area (Å²) in [5, 5.41) is 3.74. The summed E-state index contributed by atoms with van der Waals surface area (Å²) in [5.41, 5.74) is 6.65. The Labute approximate surface area is 119 Å². The third-order valence-corrected chi connectivity index (χ3v) is 4.07. The molecule has 1 aliphatic rings. The van der Waals surface area contributed by atoms with E-state index in [1.807, 2.05) is 18.2 Å². The fraction of sp³-hybridized carbons (Fsp3) is 0.357. The van der Waals surface area contributed by atoms with E-state index in [-0.39, 0.29) is 11.9 Å². The lowest BCUT2D eigenvalue weighted by Gasteiger charge is -2.10. The van der Waals surface area contributed by atoms with Crippen LogP contribution in [-0.2, 0) is 0 Å². The summed E-state index contributed by atoms with van der Waals surface area (Å²) in [4.78, 5) is 12.0. The van der Waals surface area contributed by atoms with Crippen LogP contribution in [0, 0.1) is 5.92 Å². The second-order valence-corrected chi connectivity index (χ2v) is 5.83. The van der Waals surface area contributed by atoms with Gasteiger partial charge in [-0.25, -0.2) is 0 Å². The van der Waals surface area contributed by atoms with E-state index < -0.39 is 0 Å². The Kier molecular flexibility index (Phi) is 3.33. The molecule has 0 radical (unpaired) electrons. The van der Waals surface area contributed by atoms with Crippen LogP contribution >= 0.6 is 15.9 Å². The molecule has 3 rings (SSSR count). The smallest absolute Gasteiger partial charge is 0.287 e. The van der Waals surface area contributed by atoms with Crippen molar-refractivity contribution in [2.75, 3.05) is 6.54 Å². The molecule has 0 bridgehead atoms. The molecule has 1 fully saturated rings. The van der Waals surface area contributed by atoms with Crippen molar-refractivity contribution in [1.29, 1.82) is 0 Å². The van der Waals surface area contributed by atoms with Crippen molar-refractivity contribution in [3.63, 3.8) is 0 Å². The standard InChI is InChI=1S/C14H15BrN2O2/c15-10-3-1-2-9-6-12(19-13(9)10)14(18)17-7-11(16)8-4-5-8/h1-3,6,8,11H,4-5,7,16H2,(H,17,18). The minimum atomic E-state index is -0.209. The van der Waals surface area contributed by atoms with Crippen LogP contribution in [0.3, 0.4) is 0 Å². The van der Waals surface area contributed by atoms with Crippen LogP contribution in [0.4, 0.5) is 0 Å². The number of para-hydroxylation sites is 1. The molecule has 1 heterocycles. The fourth-order valence-corrected chi connectivity index (χ4v) is 2.59. The van der Waals surface area contributed by atoms with Crippen LogP contribution in [0.1, 0.15) is 23.4 Å². The van der Waals surface area contributed by atoms with Crippen LogP contribution in [0.2, 0.25) is 0 Å². The Morgan fingerprint density at radius 3 is 3.00 bits per heavy atom. The SMILES string of the molecule is NC(CNC(=O)c1cc2cccc(Br)c2o1)C1CC1. The third-order valence-electron chi connectivity index (χ3n) is 3.45. The first kappa shape index (κ1) is 12.7. The van der Waals surface area contributed by atoms with E-state index in [1.54, 1.807) is 6.07 Å². The summed E-state index contributed by atoms with van der Waals surface area (Å²) in [6, 6.07) is 7.51. The van der Waals surface area contributed by atoms with Crippen molar-refractivity contribution < 1.29 is 9.21 Å². The fourth-order valence-electron chi connectivity index (χ4n) is 2.13. The second-order valence-electron chi connectivity index (χ2n) is 4.98. The van der Waals surface area contributed by atoms with Crippen LogP contribution < -0.4 is 11.1 Å². The zero-order valence-corrected chi connectivity index (χ0v) is 11.9. The van der Waals surface area contributed by atoms with Crippen molar-refractivity contribution in [3.05, 3.63) is 34.5 Å². The highest BCUT2D eigenvalue weighted by molar-refractivity contribution is 9.10. The monoisotopic (exact) mass is 322 g/mol. The van der Waals surface area contributed by atoms with Gasteiger partial charge in [-0.15, -0.1) is 0 Å². The van der Waals surface area contributed by atoms with Gasteiger partial charge in [-0.1, -0.05) is 12.1 Å². The topological polar surface area (TPSA) is 68.3 Å². The predicted octanol–water partition coefficient (Wildman–Crippen LogP) is 2.66. The number of rotatable bonds is 4. The Balaban J connectivity index is 1.72. The number of carbonyl (C=O) groups excluding carboxylic acids is 1. The summed E-state index contributed by atoms with van der Waals surface area (Å²) in [7, 11) is 0. The second kappa shape index (κ2) is 4.98. The predicted molar refractivity (Wildman–Crippen MR) is 76.9 cm³/mol. The lowest BCUT2D eigenvalue weighted by molar-refractivity contribution is 0.0924. The maximum Gasteiger partial charge on any atom is 0.287 e. The van der Waals surface area contributed by atoms with Gasteiger partial charge < -0.3 is 15.5 Å². The van der Waals surface area contributed by atoms with Gasteiger partial charge in [-0.3, -0.25) is 4.79 Å². The zero-order chi connectivity index (χ0) is 13.4. The zero-order valence-electron chi connectivity index (χ0n) is 10.4. The lowest BCUT2D eigenvalue weighted by atomic mass is 10.2. The number of nitrogens with one attached hydrogen (secondary N) is 1. The first-order valence-electron chi connectivity index (χ1n) is 6.37. The summed E-state index contributed by atoms with van der Waals surface area (Å²) in [6.07, 6.45) is 2.35. The third kappa shape index (κ3) is 2.67. The van der Waals surface area contributed by atoms with E-state index in [4.69, 9.17) is 10.2 Å². The Bertz CT molecular complexity index is 619. The largest absolute Gasteiger partial charge is 0.450 e. The number of benzene rings is 1. The number of furan rings is 1. The maximum absolute atomic E-state index is 12.0. The Morgan fingerprint density at radius 1 is 1.53 bits per heavy atom. The summed E-state index contributed by atoms with van der Waals surface area (Å²) in [5.74, 6) is 0.689. The summed E-state index contributed by atoms with van der Waals surface area (Å²) < 4.78 is 6.42. The van der Waals surface area contributed by atoms with Crippen molar-refractivity contribution in [1.82, 2.24) is 5.32 Å². The van der Waals surface area contributed by atoms with Crippen molar-refractivity contribution in [3.8, 4) is 0 Å². The van der Waals surface area contributed by atoms with E-state index in [0.717, 1.165) is 9.86 Å². The van der Waals surface area contributed by atoms with Gasteiger partial charge in [0.05, 0.1) is 4.47 Å². The highest BCUT2D eigenvalue weighted by atomic mass is 79.9. The van der Waals surface area contributed by atoms with Crippen LogP contribution in [-0.4, -0.2) is 18.5 Å². The van der Waals surface area contributed by atoms with E-state index in [2.05, 4.69) is 21.2 Å². The quantitative estimate of drug-likeness (QED) is 0.909. The molecule has 1 saturated carbocycles. The first-order chi connectivity index (χ1) is 9.15. The number of fused-ring (bicyclic) bond motifs is 1. The Hall–Kier alpha value is -1.33. The maximum atomic E-state index is 12.0. The molecule has 1 unspecified atom stereocenters. The molecule has 4 nitrogen and oxygen atoms in total. The molecule has 0 spiro atoms. The first-order valence-corrected chi connectivity index (χ1v) is 7.16. The van der Waals surface area contributed by atoms with E-state index in [0.29, 0.717) is 23.8 Å². The van der Waals surface area contributed by atoms with Gasteiger partial charge >= 0.3 is 0 Å². The molecule has 100 valence electrons. The number of amides is 1. The normalized spacial score (nSPS) is 16.5. The molecule has 19 heavy (non-hydrogen) atoms. The molecule has 1 aliphatic carbocycles. The van der Waals surface area contributed by atoms with E-state index >= 15 is 0 Å². The number of carbonyl (C=O) groups is 1. The van der Waals surface area contributed by atoms with Crippen molar-refractivity contribution in [2.45, 2.75) is 18.9 Å². The highest BCUT2D eigenvalue weighted by Crippen LogP contribution is 2.31. The average Bonchev–Trinajstić information content (AvgIpc) is 3.15. The van der Waals surface area contributed by atoms with Gasteiger partial charge in [0.25, 0.3) is 5.91 Å². The number of nitrogens with two attached hydrogens (primary N) is 1. The molecule has 0 saturated heterocycles. The van der Waals surface area contributed by atoms with Gasteiger partial charge in [0, 0.05) is 18.0 Å². The minimum Gasteiger partial charge on any atom is -0.450 e. The highest BCUT2D eigenvalue weighted by Gasteiger charge is 2.28. The molecule has 1 atom stereocenters. The molecule has 2 aromatic rings. The lowest BCUT2D eigenvalue weighted by Crippen LogP contribution is -2.38. The molecular formula is C14H15BrN2O2. The molecule has 3 N–H and O–H groups in total. The number of hydrogen-bond donors (Lipinski definition) is 2. The van der Waals surface area contributed by atoms with Crippen LogP contribution in [0.15, 0.2) is 33.2 Å². The molecule has 1 aromatic carbocycles. The summed E-state index contributed by atoms with van der Waals surface area (Å²) in [6.45, 7) is 0.502. The summed E-state index contributed by atoms with van der Waals surface area (Å²) >= 11 is 3.40. The number of halogens is 1. The minimum absolute atomic E-state index is 0.0556. The Morgan fingerprint density at radius 2 is 2.32 bits per heavy atom. The molecule has 5 heteroatoms. The van der Waals surface area contributed by atoms with Crippen LogP contribution in [0.25, 0.3) is 11.0 Å². The van der Waals surface area contributed by atoms with Crippen molar-refractivity contribution in [2.24, 2.45) is 11.7 Å².